The van der Waals surface area contributed by atoms with Gasteiger partial charge in [0.15, 0.2) is 5.65 Å². The minimum Gasteiger partial charge on any atom is -0.381 e. The van der Waals surface area contributed by atoms with Gasteiger partial charge < -0.3 is 15.4 Å². The number of fused-ring (bicyclic) bond motifs is 1. The van der Waals surface area contributed by atoms with E-state index in [1.165, 1.54) is 19.3 Å². The zero-order chi connectivity index (χ0) is 30.1. The van der Waals surface area contributed by atoms with Crippen LogP contribution in [0.4, 0.5) is 5.95 Å². The predicted octanol–water partition coefficient (Wildman–Crippen LogP) is 4.36. The van der Waals surface area contributed by atoms with Crippen LogP contribution in [-0.2, 0) is 24.0 Å². The summed E-state index contributed by atoms with van der Waals surface area (Å²) in [6.45, 7) is 4.78. The number of aromatic nitrogens is 4. The van der Waals surface area contributed by atoms with Crippen LogP contribution in [0.2, 0.25) is 0 Å². The van der Waals surface area contributed by atoms with E-state index in [1.54, 1.807) is 29.5 Å². The van der Waals surface area contributed by atoms with E-state index in [9.17, 15) is 13.8 Å². The minimum atomic E-state index is -3.41. The molecule has 11 nitrogen and oxygen atoms in total. The molecule has 1 amide bonds. The molecule has 1 atom stereocenters. The van der Waals surface area contributed by atoms with E-state index in [-0.39, 0.29) is 23.4 Å². The zero-order valence-electron chi connectivity index (χ0n) is 25.0. The first-order valence-electron chi connectivity index (χ1n) is 15.6. The number of amides is 1. The smallest absolute Gasteiger partial charge is 0.234 e. The second-order valence-electron chi connectivity index (χ2n) is 11.5. The molecule has 3 aromatic rings. The Bertz CT molecular complexity index is 1510. The quantitative estimate of drug-likeness (QED) is 0.192. The zero-order valence-corrected chi connectivity index (χ0v) is 25.8. The van der Waals surface area contributed by atoms with Crippen molar-refractivity contribution in [2.24, 2.45) is 5.92 Å². The number of hydrogen-bond donors (Lipinski definition) is 3. The van der Waals surface area contributed by atoms with Crippen LogP contribution in [0.5, 0.6) is 0 Å². The first kappa shape index (κ1) is 31.1. The summed E-state index contributed by atoms with van der Waals surface area (Å²) >= 11 is 0. The molecule has 232 valence electrons. The van der Waals surface area contributed by atoms with E-state index < -0.39 is 9.71 Å². The topological polar surface area (TPSA) is 140 Å². The third-order valence-electron chi connectivity index (χ3n) is 8.41. The van der Waals surface area contributed by atoms with Crippen LogP contribution < -0.4 is 15.4 Å². The Balaban J connectivity index is 1.30. The molecule has 2 fully saturated rings. The lowest BCUT2D eigenvalue weighted by Gasteiger charge is -2.22. The Morgan fingerprint density at radius 1 is 1.09 bits per heavy atom. The number of anilines is 1. The van der Waals surface area contributed by atoms with Gasteiger partial charge in [0.1, 0.15) is 15.4 Å². The van der Waals surface area contributed by atoms with Gasteiger partial charge in [-0.05, 0) is 56.6 Å². The SMILES string of the molecule is CCCCNc1ncc2c(-c3ccc(S(=O)(=C=O)NCC(=O)NCCC4CCOCC4)cc3)nn(C3CCCCC3)c2n1. The van der Waals surface area contributed by atoms with Gasteiger partial charge in [0.05, 0.1) is 22.9 Å². The standard InChI is InChI=1S/C31H43N7O4S/c1-2-3-16-33-31-34-20-27-29(37-38(30(27)36-31)25-7-5-4-6-8-25)24-9-11-26(12-10-24)43(41,22-39)35-21-28(40)32-17-13-23-14-18-42-19-15-23/h9-12,20,23,25H,2-8,13-19,21H2,1H3,(H,32,40)(H,35,41)(H,33,34,36). The first-order chi connectivity index (χ1) is 21.0. The van der Waals surface area contributed by atoms with Crippen LogP contribution in [-0.4, -0.2) is 67.9 Å². The van der Waals surface area contributed by atoms with Crippen LogP contribution in [0.1, 0.15) is 77.2 Å². The molecule has 1 aromatic carbocycles. The van der Waals surface area contributed by atoms with Crippen molar-refractivity contribution >= 4 is 37.8 Å². The van der Waals surface area contributed by atoms with Crippen LogP contribution in [0.3, 0.4) is 0 Å². The molecule has 2 aromatic heterocycles. The summed E-state index contributed by atoms with van der Waals surface area (Å²) in [4.78, 5) is 33.9. The lowest BCUT2D eigenvalue weighted by atomic mass is 9.96. The van der Waals surface area contributed by atoms with E-state index in [2.05, 4.69) is 31.9 Å². The third kappa shape index (κ3) is 7.80. The highest BCUT2D eigenvalue weighted by Crippen LogP contribution is 2.34. The molecule has 1 unspecified atom stereocenters. The summed E-state index contributed by atoms with van der Waals surface area (Å²) in [6, 6.07) is 7.13. The second-order valence-corrected chi connectivity index (χ2v) is 13.5. The molecular weight excluding hydrogens is 566 g/mol. The Hall–Kier alpha value is -3.31. The summed E-state index contributed by atoms with van der Waals surface area (Å²) in [5.41, 5.74) is 2.34. The number of rotatable bonds is 13. The third-order valence-corrected chi connectivity index (χ3v) is 10.1. The highest BCUT2D eigenvalue weighted by atomic mass is 32.2. The van der Waals surface area contributed by atoms with Gasteiger partial charge in [0.25, 0.3) is 0 Å². The normalized spacial score (nSPS) is 17.8. The molecular formula is C31H43N7O4S. The lowest BCUT2D eigenvalue weighted by molar-refractivity contribution is -0.120. The van der Waals surface area contributed by atoms with Crippen LogP contribution in [0.25, 0.3) is 22.3 Å². The summed E-state index contributed by atoms with van der Waals surface area (Å²) in [6.07, 6.45) is 12.5. The molecule has 0 radical (unpaired) electrons. The van der Waals surface area contributed by atoms with Crippen molar-refractivity contribution in [1.82, 2.24) is 29.8 Å². The summed E-state index contributed by atoms with van der Waals surface area (Å²) < 4.78 is 23.5. The molecule has 1 saturated heterocycles. The number of nitrogens with one attached hydrogen (secondary N) is 3. The molecule has 12 heteroatoms. The fraction of sp³-hybridized carbons (Fsp3) is 0.581. The molecule has 43 heavy (non-hydrogen) atoms. The van der Waals surface area contributed by atoms with Gasteiger partial charge in [-0.2, -0.15) is 10.1 Å². The highest BCUT2D eigenvalue weighted by molar-refractivity contribution is 7.98. The van der Waals surface area contributed by atoms with Gasteiger partial charge in [-0.1, -0.05) is 44.7 Å². The van der Waals surface area contributed by atoms with Crippen molar-refractivity contribution in [1.29, 1.82) is 0 Å². The number of hydrogen-bond acceptors (Lipinski definition) is 8. The number of nitrogens with zero attached hydrogens (tertiary/aromatic N) is 4. The van der Waals surface area contributed by atoms with Crippen molar-refractivity contribution in [3.8, 4) is 11.3 Å². The van der Waals surface area contributed by atoms with Gasteiger partial charge in [0, 0.05) is 38.1 Å². The Morgan fingerprint density at radius 3 is 2.58 bits per heavy atom. The number of carbonyl (C=O) groups excluding carboxylic acids is 2. The number of benzene rings is 1. The maximum Gasteiger partial charge on any atom is 0.234 e. The van der Waals surface area contributed by atoms with E-state index in [1.807, 2.05) is 6.20 Å². The van der Waals surface area contributed by atoms with Crippen LogP contribution >= 0.6 is 0 Å². The molecule has 0 spiro atoms. The fourth-order valence-electron chi connectivity index (χ4n) is 5.82. The monoisotopic (exact) mass is 609 g/mol. The van der Waals surface area contributed by atoms with E-state index in [0.29, 0.717) is 18.4 Å². The van der Waals surface area contributed by atoms with Crippen molar-refractivity contribution in [3.63, 3.8) is 0 Å². The van der Waals surface area contributed by atoms with E-state index in [0.717, 1.165) is 87.0 Å². The van der Waals surface area contributed by atoms with Gasteiger partial charge in [-0.25, -0.2) is 23.4 Å². The van der Waals surface area contributed by atoms with Crippen molar-refractivity contribution in [3.05, 3.63) is 30.5 Å². The minimum absolute atomic E-state index is 0.244. The largest absolute Gasteiger partial charge is 0.381 e. The molecule has 1 aliphatic heterocycles. The molecule has 1 saturated carbocycles. The number of unbranched alkanes of at least 4 members (excludes halogenated alkanes) is 1. The van der Waals surface area contributed by atoms with E-state index >= 15 is 0 Å². The predicted molar refractivity (Wildman–Crippen MR) is 168 cm³/mol. The fourth-order valence-corrected chi connectivity index (χ4v) is 7.00. The Kier molecular flexibility index (Phi) is 10.8. The van der Waals surface area contributed by atoms with E-state index in [4.69, 9.17) is 14.8 Å². The second kappa shape index (κ2) is 14.9. The molecule has 0 bridgehead atoms. The molecule has 5 rings (SSSR count). The summed E-state index contributed by atoms with van der Waals surface area (Å²) in [7, 11) is -3.41. The average Bonchev–Trinajstić information content (AvgIpc) is 3.44. The van der Waals surface area contributed by atoms with Gasteiger partial charge in [0.2, 0.25) is 17.1 Å². The maximum absolute atomic E-state index is 13.4. The van der Waals surface area contributed by atoms with Crippen LogP contribution in [0.15, 0.2) is 35.4 Å². The summed E-state index contributed by atoms with van der Waals surface area (Å²) in [5, 5.41) is 13.7. The first-order valence-corrected chi connectivity index (χ1v) is 17.2. The van der Waals surface area contributed by atoms with Gasteiger partial charge >= 0.3 is 0 Å². The highest BCUT2D eigenvalue weighted by Gasteiger charge is 2.23. The number of ether oxygens (including phenoxy) is 1. The number of carbonyl (C=O) groups is 1. The molecule has 2 aliphatic rings. The molecule has 3 N–H and O–H groups in total. The van der Waals surface area contributed by atoms with Crippen molar-refractivity contribution in [2.75, 3.05) is 38.2 Å². The maximum atomic E-state index is 13.4. The Labute approximate surface area is 253 Å². The Morgan fingerprint density at radius 2 is 1.86 bits per heavy atom. The van der Waals surface area contributed by atoms with Crippen LogP contribution in [0, 0.1) is 5.92 Å². The van der Waals surface area contributed by atoms with Crippen molar-refractivity contribution in [2.45, 2.75) is 82.1 Å². The summed E-state index contributed by atoms with van der Waals surface area (Å²) in [5.74, 6) is 0.824. The average molecular weight is 610 g/mol. The van der Waals surface area contributed by atoms with Crippen molar-refractivity contribution < 1.29 is 18.5 Å². The molecule has 3 heterocycles. The molecule has 1 aliphatic carbocycles. The van der Waals surface area contributed by atoms with Gasteiger partial charge in [-0.3, -0.25) is 4.79 Å². The lowest BCUT2D eigenvalue weighted by Crippen LogP contribution is -2.38. The van der Waals surface area contributed by atoms with Gasteiger partial charge in [-0.15, -0.1) is 0 Å².